The fourth-order valence-corrected chi connectivity index (χ4v) is 2.06. The van der Waals surface area contributed by atoms with Crippen molar-refractivity contribution in [1.29, 1.82) is 0 Å². The summed E-state index contributed by atoms with van der Waals surface area (Å²) in [6.45, 7) is 0.376. The summed E-state index contributed by atoms with van der Waals surface area (Å²) in [6.07, 6.45) is -1.01. The number of carbonyl (C=O) groups excluding carboxylic acids is 1. The molecule has 2 heterocycles. The molecule has 0 saturated carbocycles. The maximum Gasteiger partial charge on any atom is 0.251 e. The molecule has 1 fully saturated rings. The van der Waals surface area contributed by atoms with Crippen molar-refractivity contribution >= 4 is 11.7 Å². The zero-order chi connectivity index (χ0) is 15.2. The number of alkyl halides is 2. The van der Waals surface area contributed by atoms with Gasteiger partial charge in [0.2, 0.25) is 5.91 Å². The summed E-state index contributed by atoms with van der Waals surface area (Å²) in [5.41, 5.74) is 5.51. The van der Waals surface area contributed by atoms with Crippen LogP contribution in [0.4, 0.5) is 14.6 Å². The molecule has 0 radical (unpaired) electrons. The zero-order valence-corrected chi connectivity index (χ0v) is 11.3. The van der Waals surface area contributed by atoms with Crippen molar-refractivity contribution in [3.05, 3.63) is 18.1 Å². The first-order chi connectivity index (χ1) is 10.1. The second-order valence-electron chi connectivity index (χ2n) is 4.59. The highest BCUT2D eigenvalue weighted by molar-refractivity contribution is 5.81. The van der Waals surface area contributed by atoms with Crippen LogP contribution in [0.3, 0.4) is 0 Å². The Kier molecular flexibility index (Phi) is 5.34. The average molecular weight is 301 g/mol. The number of halogens is 2. The summed E-state index contributed by atoms with van der Waals surface area (Å²) in [5, 5.41) is 2.61. The van der Waals surface area contributed by atoms with Crippen LogP contribution < -0.4 is 11.1 Å². The predicted octanol–water partition coefficient (Wildman–Crippen LogP) is -0.359. The Morgan fingerprint density at radius 1 is 1.62 bits per heavy atom. The van der Waals surface area contributed by atoms with E-state index in [4.69, 9.17) is 10.5 Å². The molecule has 1 aromatic rings. The van der Waals surface area contributed by atoms with Gasteiger partial charge in [-0.05, 0) is 6.07 Å². The second-order valence-corrected chi connectivity index (χ2v) is 4.59. The van der Waals surface area contributed by atoms with E-state index in [9.17, 15) is 13.6 Å². The lowest BCUT2D eigenvalue weighted by Gasteiger charge is -2.34. The molecule has 116 valence electrons. The topological polar surface area (TPSA) is 93.4 Å². The molecule has 0 aliphatic carbocycles. The quantitative estimate of drug-likeness (QED) is 0.771. The van der Waals surface area contributed by atoms with Gasteiger partial charge in [0, 0.05) is 12.7 Å². The number of nitrogens with one attached hydrogen (secondary N) is 1. The highest BCUT2D eigenvalue weighted by Gasteiger charge is 2.30. The molecular formula is C12H17F2N5O2. The fourth-order valence-electron chi connectivity index (χ4n) is 2.06. The Labute approximate surface area is 120 Å². The average Bonchev–Trinajstić information content (AvgIpc) is 2.45. The van der Waals surface area contributed by atoms with Crippen molar-refractivity contribution in [3.8, 4) is 0 Å². The third kappa shape index (κ3) is 4.57. The number of hydrogen-bond donors (Lipinski definition) is 2. The molecule has 3 N–H and O–H groups in total. The number of nitrogens with zero attached hydrogens (tertiary/aromatic N) is 3. The second kappa shape index (κ2) is 7.23. The Morgan fingerprint density at radius 3 is 3.14 bits per heavy atom. The zero-order valence-electron chi connectivity index (χ0n) is 11.3. The number of anilines is 1. The van der Waals surface area contributed by atoms with Crippen molar-refractivity contribution in [1.82, 2.24) is 20.2 Å². The van der Waals surface area contributed by atoms with E-state index in [1.54, 1.807) is 0 Å². The Morgan fingerprint density at radius 2 is 2.43 bits per heavy atom. The number of ether oxygens (including phenoxy) is 1. The fraction of sp³-hybridized carbons (Fsp3) is 0.583. The van der Waals surface area contributed by atoms with Crippen LogP contribution in [0.25, 0.3) is 0 Å². The van der Waals surface area contributed by atoms with Gasteiger partial charge in [-0.15, -0.1) is 0 Å². The molecule has 1 saturated heterocycles. The van der Waals surface area contributed by atoms with Gasteiger partial charge in [-0.2, -0.15) is 0 Å². The SMILES string of the molecule is Nc1ccnc(CNC(=O)C2COCCN2CC(F)F)n1. The molecule has 1 unspecified atom stereocenters. The Balaban J connectivity index is 1.91. The first-order valence-electron chi connectivity index (χ1n) is 6.51. The van der Waals surface area contributed by atoms with Crippen LogP contribution in [0.2, 0.25) is 0 Å². The number of aromatic nitrogens is 2. The monoisotopic (exact) mass is 301 g/mol. The van der Waals surface area contributed by atoms with Crippen molar-refractivity contribution < 1.29 is 18.3 Å². The van der Waals surface area contributed by atoms with Crippen LogP contribution >= 0.6 is 0 Å². The lowest BCUT2D eigenvalue weighted by atomic mass is 10.2. The van der Waals surface area contributed by atoms with Gasteiger partial charge in [0.25, 0.3) is 6.43 Å². The molecule has 21 heavy (non-hydrogen) atoms. The van der Waals surface area contributed by atoms with E-state index in [2.05, 4.69) is 15.3 Å². The Hall–Kier alpha value is -1.87. The number of amides is 1. The van der Waals surface area contributed by atoms with E-state index in [1.165, 1.54) is 17.2 Å². The molecule has 1 atom stereocenters. The highest BCUT2D eigenvalue weighted by atomic mass is 19.3. The third-order valence-corrected chi connectivity index (χ3v) is 3.06. The normalized spacial score (nSPS) is 19.7. The van der Waals surface area contributed by atoms with Gasteiger partial charge in [-0.25, -0.2) is 18.7 Å². The minimum atomic E-state index is -2.49. The Bertz CT molecular complexity index is 488. The van der Waals surface area contributed by atoms with E-state index in [1.807, 2.05) is 0 Å². The maximum atomic E-state index is 12.5. The molecule has 7 nitrogen and oxygen atoms in total. The van der Waals surface area contributed by atoms with Gasteiger partial charge in [0.05, 0.1) is 26.3 Å². The lowest BCUT2D eigenvalue weighted by molar-refractivity contribution is -0.134. The summed E-state index contributed by atoms with van der Waals surface area (Å²) in [7, 11) is 0. The minimum absolute atomic E-state index is 0.0862. The van der Waals surface area contributed by atoms with Crippen molar-refractivity contribution in [2.45, 2.75) is 19.0 Å². The van der Waals surface area contributed by atoms with Crippen LogP contribution in [-0.2, 0) is 16.1 Å². The summed E-state index contributed by atoms with van der Waals surface area (Å²) < 4.78 is 30.2. The number of hydrogen-bond acceptors (Lipinski definition) is 6. The molecule has 0 aromatic carbocycles. The predicted molar refractivity (Wildman–Crippen MR) is 70.5 cm³/mol. The van der Waals surface area contributed by atoms with E-state index in [0.29, 0.717) is 24.8 Å². The van der Waals surface area contributed by atoms with Crippen LogP contribution in [0.1, 0.15) is 5.82 Å². The number of nitrogen functional groups attached to an aromatic ring is 1. The molecule has 1 aliphatic heterocycles. The van der Waals surface area contributed by atoms with Crippen molar-refractivity contribution in [3.63, 3.8) is 0 Å². The standard InChI is InChI=1S/C12H17F2N5O2/c13-9(14)6-19-3-4-21-7-8(19)12(20)17-5-11-16-2-1-10(15)18-11/h1-2,8-9H,3-7H2,(H,17,20)(H2,15,16,18). The maximum absolute atomic E-state index is 12.5. The molecule has 1 aliphatic rings. The number of carbonyl (C=O) groups is 1. The number of nitrogens with two attached hydrogens (primary N) is 1. The summed E-state index contributed by atoms with van der Waals surface area (Å²) in [4.78, 5) is 21.4. The van der Waals surface area contributed by atoms with Crippen LogP contribution in [0.15, 0.2) is 12.3 Å². The summed E-state index contributed by atoms with van der Waals surface area (Å²) in [5.74, 6) is 0.274. The molecule has 1 aromatic heterocycles. The first-order valence-corrected chi connectivity index (χ1v) is 6.51. The summed E-state index contributed by atoms with van der Waals surface area (Å²) >= 11 is 0. The first kappa shape index (κ1) is 15.5. The van der Waals surface area contributed by atoms with Gasteiger partial charge in [-0.3, -0.25) is 9.69 Å². The van der Waals surface area contributed by atoms with Gasteiger partial charge in [0.15, 0.2) is 0 Å². The molecule has 1 amide bonds. The summed E-state index contributed by atoms with van der Waals surface area (Å²) in [6, 6.07) is 0.804. The van der Waals surface area contributed by atoms with Crippen LogP contribution in [-0.4, -0.2) is 59.5 Å². The van der Waals surface area contributed by atoms with Gasteiger partial charge < -0.3 is 15.8 Å². The molecule has 0 spiro atoms. The molecule has 9 heteroatoms. The van der Waals surface area contributed by atoms with Crippen molar-refractivity contribution in [2.24, 2.45) is 0 Å². The van der Waals surface area contributed by atoms with E-state index < -0.39 is 19.0 Å². The highest BCUT2D eigenvalue weighted by Crippen LogP contribution is 2.10. The van der Waals surface area contributed by atoms with Gasteiger partial charge in [0.1, 0.15) is 17.7 Å². The van der Waals surface area contributed by atoms with E-state index in [-0.39, 0.29) is 19.1 Å². The number of rotatable bonds is 5. The van der Waals surface area contributed by atoms with E-state index >= 15 is 0 Å². The molecular weight excluding hydrogens is 284 g/mol. The largest absolute Gasteiger partial charge is 0.384 e. The van der Waals surface area contributed by atoms with Crippen LogP contribution in [0, 0.1) is 0 Å². The molecule has 2 rings (SSSR count). The van der Waals surface area contributed by atoms with E-state index in [0.717, 1.165) is 0 Å². The smallest absolute Gasteiger partial charge is 0.251 e. The van der Waals surface area contributed by atoms with Gasteiger partial charge >= 0.3 is 0 Å². The van der Waals surface area contributed by atoms with Crippen molar-refractivity contribution in [2.75, 3.05) is 32.0 Å². The molecule has 0 bridgehead atoms. The van der Waals surface area contributed by atoms with Crippen LogP contribution in [0.5, 0.6) is 0 Å². The third-order valence-electron chi connectivity index (χ3n) is 3.06. The lowest BCUT2D eigenvalue weighted by Crippen LogP contribution is -2.54. The number of morpholine rings is 1. The van der Waals surface area contributed by atoms with Gasteiger partial charge in [-0.1, -0.05) is 0 Å². The minimum Gasteiger partial charge on any atom is -0.384 e.